The highest BCUT2D eigenvalue weighted by atomic mass is 19.1. The Morgan fingerprint density at radius 1 is 1.21 bits per heavy atom. The number of nitrogens with two attached hydrogens (primary N) is 1. The number of anilines is 1. The van der Waals surface area contributed by atoms with Gasteiger partial charge in [-0.15, -0.1) is 0 Å². The summed E-state index contributed by atoms with van der Waals surface area (Å²) in [7, 11) is 0. The van der Waals surface area contributed by atoms with E-state index in [1.54, 1.807) is 6.20 Å². The number of ether oxygens (including phenoxy) is 1. The van der Waals surface area contributed by atoms with Gasteiger partial charge in [0, 0.05) is 17.8 Å². The number of pyridine rings is 1. The lowest BCUT2D eigenvalue weighted by molar-refractivity contribution is 0.437. The van der Waals surface area contributed by atoms with Crippen molar-refractivity contribution < 1.29 is 9.13 Å². The van der Waals surface area contributed by atoms with E-state index in [1.807, 2.05) is 12.1 Å². The van der Waals surface area contributed by atoms with E-state index in [0.717, 1.165) is 5.56 Å². The Labute approximate surface area is 112 Å². The second kappa shape index (κ2) is 4.88. The van der Waals surface area contributed by atoms with Gasteiger partial charge in [-0.1, -0.05) is 26.8 Å². The van der Waals surface area contributed by atoms with Crippen LogP contribution >= 0.6 is 0 Å². The van der Waals surface area contributed by atoms with Crippen molar-refractivity contribution in [1.82, 2.24) is 4.98 Å². The fraction of sp³-hybridized carbons (Fsp3) is 0.267. The number of hydrogen-bond donors (Lipinski definition) is 1. The molecule has 0 amide bonds. The molecular weight excluding hydrogens is 243 g/mol. The molecule has 0 saturated carbocycles. The second-order valence-corrected chi connectivity index (χ2v) is 5.39. The maximum absolute atomic E-state index is 13.0. The Morgan fingerprint density at radius 2 is 1.95 bits per heavy atom. The van der Waals surface area contributed by atoms with Gasteiger partial charge in [0.15, 0.2) is 5.75 Å². The molecule has 1 aromatic carbocycles. The standard InChI is InChI=1S/C15H17FN2O/c1-15(2,3)11-5-4-8-18-14(11)19-13-7-6-10(16)9-12(13)17/h4-9H,17H2,1-3H3. The van der Waals surface area contributed by atoms with Crippen molar-refractivity contribution in [2.75, 3.05) is 5.73 Å². The Balaban J connectivity index is 2.39. The number of hydrogen-bond acceptors (Lipinski definition) is 3. The number of nitrogen functional groups attached to an aromatic ring is 1. The van der Waals surface area contributed by atoms with E-state index in [4.69, 9.17) is 10.5 Å². The molecule has 2 rings (SSSR count). The predicted octanol–water partition coefficient (Wildman–Crippen LogP) is 3.89. The van der Waals surface area contributed by atoms with E-state index in [2.05, 4.69) is 25.8 Å². The zero-order valence-electron chi connectivity index (χ0n) is 11.3. The van der Waals surface area contributed by atoms with Gasteiger partial charge in [0.1, 0.15) is 5.82 Å². The summed E-state index contributed by atoms with van der Waals surface area (Å²) in [6, 6.07) is 7.87. The van der Waals surface area contributed by atoms with Crippen LogP contribution in [-0.4, -0.2) is 4.98 Å². The van der Waals surface area contributed by atoms with Crippen LogP contribution < -0.4 is 10.5 Å². The molecule has 3 nitrogen and oxygen atoms in total. The van der Waals surface area contributed by atoms with Gasteiger partial charge in [0.05, 0.1) is 5.69 Å². The van der Waals surface area contributed by atoms with Gasteiger partial charge in [-0.05, 0) is 23.6 Å². The van der Waals surface area contributed by atoms with Crippen LogP contribution in [0, 0.1) is 5.82 Å². The van der Waals surface area contributed by atoms with E-state index in [1.165, 1.54) is 18.2 Å². The van der Waals surface area contributed by atoms with Crippen LogP contribution in [0.2, 0.25) is 0 Å². The third kappa shape index (κ3) is 3.02. The summed E-state index contributed by atoms with van der Waals surface area (Å²) < 4.78 is 18.7. The lowest BCUT2D eigenvalue weighted by Crippen LogP contribution is -2.13. The molecule has 100 valence electrons. The summed E-state index contributed by atoms with van der Waals surface area (Å²) in [5.74, 6) is 0.515. The van der Waals surface area contributed by atoms with E-state index in [9.17, 15) is 4.39 Å². The summed E-state index contributed by atoms with van der Waals surface area (Å²) in [5, 5.41) is 0. The van der Waals surface area contributed by atoms with Crippen LogP contribution in [0.15, 0.2) is 36.5 Å². The highest BCUT2D eigenvalue weighted by molar-refractivity contribution is 5.54. The molecule has 19 heavy (non-hydrogen) atoms. The molecule has 0 spiro atoms. The van der Waals surface area contributed by atoms with Crippen LogP contribution in [-0.2, 0) is 5.41 Å². The molecule has 0 radical (unpaired) electrons. The lowest BCUT2D eigenvalue weighted by atomic mass is 9.88. The van der Waals surface area contributed by atoms with E-state index < -0.39 is 0 Å². The number of nitrogens with zero attached hydrogens (tertiary/aromatic N) is 1. The maximum Gasteiger partial charge on any atom is 0.223 e. The number of benzene rings is 1. The van der Waals surface area contributed by atoms with Crippen molar-refractivity contribution in [3.63, 3.8) is 0 Å². The van der Waals surface area contributed by atoms with E-state index in [0.29, 0.717) is 11.6 Å². The summed E-state index contributed by atoms with van der Waals surface area (Å²) in [4.78, 5) is 4.23. The van der Waals surface area contributed by atoms with E-state index >= 15 is 0 Å². The van der Waals surface area contributed by atoms with Crippen LogP contribution in [0.25, 0.3) is 0 Å². The highest BCUT2D eigenvalue weighted by Gasteiger charge is 2.20. The minimum atomic E-state index is -0.387. The van der Waals surface area contributed by atoms with Crippen LogP contribution in [0.4, 0.5) is 10.1 Å². The van der Waals surface area contributed by atoms with Crippen molar-refractivity contribution in [2.24, 2.45) is 0 Å². The molecular formula is C15H17FN2O. The Bertz CT molecular complexity index is 591. The average molecular weight is 260 g/mol. The van der Waals surface area contributed by atoms with E-state index in [-0.39, 0.29) is 16.9 Å². The molecule has 0 aliphatic carbocycles. The molecule has 0 atom stereocenters. The van der Waals surface area contributed by atoms with Crippen LogP contribution in [0.3, 0.4) is 0 Å². The second-order valence-electron chi connectivity index (χ2n) is 5.39. The quantitative estimate of drug-likeness (QED) is 0.833. The van der Waals surface area contributed by atoms with Gasteiger partial charge in [-0.2, -0.15) is 0 Å². The normalized spacial score (nSPS) is 11.4. The molecule has 0 unspecified atom stereocenters. The Hall–Kier alpha value is -2.10. The molecule has 1 aromatic heterocycles. The summed E-state index contributed by atoms with van der Waals surface area (Å²) in [6.07, 6.45) is 1.66. The molecule has 1 heterocycles. The van der Waals surface area contributed by atoms with Gasteiger partial charge >= 0.3 is 0 Å². The van der Waals surface area contributed by atoms with Crippen molar-refractivity contribution in [3.05, 3.63) is 47.9 Å². The van der Waals surface area contributed by atoms with Crippen LogP contribution in [0.5, 0.6) is 11.6 Å². The third-order valence-electron chi connectivity index (χ3n) is 2.76. The van der Waals surface area contributed by atoms with Gasteiger partial charge in [-0.3, -0.25) is 0 Å². The number of rotatable bonds is 2. The molecule has 0 aliphatic rings. The van der Waals surface area contributed by atoms with Gasteiger partial charge in [0.2, 0.25) is 5.88 Å². The molecule has 0 bridgehead atoms. The first kappa shape index (κ1) is 13.3. The smallest absolute Gasteiger partial charge is 0.223 e. The highest BCUT2D eigenvalue weighted by Crippen LogP contribution is 2.34. The Kier molecular flexibility index (Phi) is 3.42. The lowest BCUT2D eigenvalue weighted by Gasteiger charge is -2.21. The topological polar surface area (TPSA) is 48.1 Å². The summed E-state index contributed by atoms with van der Waals surface area (Å²) in [6.45, 7) is 6.22. The number of halogens is 1. The first-order valence-corrected chi connectivity index (χ1v) is 6.06. The SMILES string of the molecule is CC(C)(C)c1cccnc1Oc1ccc(F)cc1N. The van der Waals surface area contributed by atoms with Crippen molar-refractivity contribution >= 4 is 5.69 Å². The molecule has 2 N–H and O–H groups in total. The van der Waals surface area contributed by atoms with Gasteiger partial charge < -0.3 is 10.5 Å². The zero-order valence-corrected chi connectivity index (χ0v) is 11.3. The first-order valence-electron chi connectivity index (χ1n) is 6.06. The van der Waals surface area contributed by atoms with Gasteiger partial charge in [0.25, 0.3) is 0 Å². The molecule has 0 fully saturated rings. The predicted molar refractivity (Wildman–Crippen MR) is 73.8 cm³/mol. The Morgan fingerprint density at radius 3 is 2.58 bits per heavy atom. The minimum absolute atomic E-state index is 0.0988. The molecule has 0 saturated heterocycles. The minimum Gasteiger partial charge on any atom is -0.437 e. The fourth-order valence-corrected chi connectivity index (χ4v) is 1.76. The van der Waals surface area contributed by atoms with Gasteiger partial charge in [-0.25, -0.2) is 9.37 Å². The van der Waals surface area contributed by atoms with Crippen molar-refractivity contribution in [2.45, 2.75) is 26.2 Å². The van der Waals surface area contributed by atoms with Crippen molar-refractivity contribution in [3.8, 4) is 11.6 Å². The largest absolute Gasteiger partial charge is 0.437 e. The zero-order chi connectivity index (χ0) is 14.0. The van der Waals surface area contributed by atoms with Crippen molar-refractivity contribution in [1.29, 1.82) is 0 Å². The third-order valence-corrected chi connectivity index (χ3v) is 2.76. The monoisotopic (exact) mass is 260 g/mol. The molecule has 4 heteroatoms. The summed E-state index contributed by atoms with van der Waals surface area (Å²) >= 11 is 0. The summed E-state index contributed by atoms with van der Waals surface area (Å²) in [5.41, 5.74) is 6.86. The maximum atomic E-state index is 13.0. The fourth-order valence-electron chi connectivity index (χ4n) is 1.76. The average Bonchev–Trinajstić information content (AvgIpc) is 2.32. The van der Waals surface area contributed by atoms with Crippen LogP contribution in [0.1, 0.15) is 26.3 Å². The molecule has 2 aromatic rings. The number of aromatic nitrogens is 1. The first-order chi connectivity index (χ1) is 8.88. The molecule has 0 aliphatic heterocycles.